The Kier molecular flexibility index (Phi) is 4.23. The van der Waals surface area contributed by atoms with Crippen LogP contribution >= 0.6 is 0 Å². The van der Waals surface area contributed by atoms with E-state index in [0.717, 1.165) is 15.4 Å². The first-order valence-corrected chi connectivity index (χ1v) is 7.85. The second kappa shape index (κ2) is 5.72. The number of benzene rings is 1. The summed E-state index contributed by atoms with van der Waals surface area (Å²) in [5.41, 5.74) is -1.00. The van der Waals surface area contributed by atoms with E-state index >= 15 is 0 Å². The quantitative estimate of drug-likeness (QED) is 0.480. The van der Waals surface area contributed by atoms with Crippen LogP contribution in [0.5, 0.6) is 0 Å². The molecule has 0 amide bonds. The molecule has 0 radical (unpaired) electrons. The van der Waals surface area contributed by atoms with Gasteiger partial charge >= 0.3 is 119 Å². The van der Waals surface area contributed by atoms with E-state index in [1.54, 1.807) is 6.92 Å². The van der Waals surface area contributed by atoms with Crippen molar-refractivity contribution in [3.8, 4) is 0 Å². The topological polar surface area (TPSA) is 43.4 Å². The third kappa shape index (κ3) is 2.80. The van der Waals surface area contributed by atoms with Gasteiger partial charge in [-0.05, 0) is 0 Å². The molecule has 1 aromatic carbocycles. The van der Waals surface area contributed by atoms with E-state index in [2.05, 4.69) is 0 Å². The minimum absolute atomic E-state index is 0.0476. The number of esters is 1. The Morgan fingerprint density at radius 3 is 2.63 bits per heavy atom. The molecule has 1 unspecified atom stereocenters. The van der Waals surface area contributed by atoms with Crippen LogP contribution < -0.4 is 4.46 Å². The van der Waals surface area contributed by atoms with Crippen LogP contribution in [0.15, 0.2) is 40.9 Å². The van der Waals surface area contributed by atoms with E-state index < -0.39 is 11.4 Å². The third-order valence-corrected chi connectivity index (χ3v) is 5.57. The van der Waals surface area contributed by atoms with Crippen LogP contribution in [0, 0.1) is 5.41 Å². The van der Waals surface area contributed by atoms with E-state index in [1.807, 2.05) is 36.4 Å². The molecule has 0 saturated carbocycles. The van der Waals surface area contributed by atoms with Crippen molar-refractivity contribution in [2.24, 2.45) is 5.41 Å². The molecule has 4 heteroatoms. The number of methoxy groups -OCH3 is 1. The number of ketones is 1. The molecule has 1 aliphatic rings. The van der Waals surface area contributed by atoms with Gasteiger partial charge in [-0.15, -0.1) is 0 Å². The predicted molar refractivity (Wildman–Crippen MR) is 74.3 cm³/mol. The normalized spacial score (nSPS) is 22.8. The molecule has 0 fully saturated rings. The van der Waals surface area contributed by atoms with Crippen LogP contribution in [0.4, 0.5) is 0 Å². The molecule has 19 heavy (non-hydrogen) atoms. The SMILES string of the molecule is COC(=O)C1(C)CCC=C([Se]c2ccccc2)C1=O. The second-order valence-corrected chi connectivity index (χ2v) is 7.02. The predicted octanol–water partition coefficient (Wildman–Crippen LogP) is 1.44. The number of ether oxygens (including phenoxy) is 1. The number of allylic oxidation sites excluding steroid dienone is 2. The molecular weight excluding hydrogens is 307 g/mol. The van der Waals surface area contributed by atoms with E-state index in [1.165, 1.54) is 7.11 Å². The molecule has 0 saturated heterocycles. The van der Waals surface area contributed by atoms with Gasteiger partial charge in [0, 0.05) is 0 Å². The Bertz CT molecular complexity index is 521. The molecule has 1 aromatic rings. The summed E-state index contributed by atoms with van der Waals surface area (Å²) < 4.78 is 6.70. The minimum atomic E-state index is -1.00. The monoisotopic (exact) mass is 324 g/mol. The average molecular weight is 323 g/mol. The van der Waals surface area contributed by atoms with Crippen molar-refractivity contribution in [1.82, 2.24) is 0 Å². The molecule has 0 aliphatic heterocycles. The number of rotatable bonds is 3. The zero-order valence-corrected chi connectivity index (χ0v) is 12.7. The Hall–Kier alpha value is -1.38. The standard InChI is InChI=1S/C15H16O3Se/c1-15(14(17)18-2)10-6-9-12(13(15)16)19-11-7-4-3-5-8-11/h3-5,7-9H,6,10H2,1-2H3. The van der Waals surface area contributed by atoms with Gasteiger partial charge in [-0.2, -0.15) is 0 Å². The van der Waals surface area contributed by atoms with Crippen molar-refractivity contribution in [2.45, 2.75) is 19.8 Å². The zero-order chi connectivity index (χ0) is 13.9. The van der Waals surface area contributed by atoms with Crippen LogP contribution in [0.1, 0.15) is 19.8 Å². The molecule has 0 heterocycles. The van der Waals surface area contributed by atoms with Crippen molar-refractivity contribution < 1.29 is 14.3 Å². The summed E-state index contributed by atoms with van der Waals surface area (Å²) in [5, 5.41) is 0. The Labute approximate surface area is 119 Å². The van der Waals surface area contributed by atoms with Crippen molar-refractivity contribution in [2.75, 3.05) is 7.11 Å². The summed E-state index contributed by atoms with van der Waals surface area (Å²) in [6.45, 7) is 1.69. The van der Waals surface area contributed by atoms with Crippen LogP contribution in [-0.4, -0.2) is 33.8 Å². The van der Waals surface area contributed by atoms with Gasteiger partial charge in [0.25, 0.3) is 0 Å². The van der Waals surface area contributed by atoms with Gasteiger partial charge < -0.3 is 0 Å². The van der Waals surface area contributed by atoms with Gasteiger partial charge in [-0.25, -0.2) is 0 Å². The Morgan fingerprint density at radius 2 is 2.00 bits per heavy atom. The molecule has 1 aliphatic carbocycles. The van der Waals surface area contributed by atoms with E-state index in [0.29, 0.717) is 6.42 Å². The first-order valence-electron chi connectivity index (χ1n) is 6.14. The summed E-state index contributed by atoms with van der Waals surface area (Å²) in [5.74, 6) is -0.499. The average Bonchev–Trinajstić information content (AvgIpc) is 2.44. The van der Waals surface area contributed by atoms with E-state index in [-0.39, 0.29) is 20.7 Å². The van der Waals surface area contributed by atoms with Crippen LogP contribution in [0.2, 0.25) is 0 Å². The maximum absolute atomic E-state index is 12.5. The van der Waals surface area contributed by atoms with Gasteiger partial charge in [0.1, 0.15) is 0 Å². The van der Waals surface area contributed by atoms with Crippen LogP contribution in [-0.2, 0) is 14.3 Å². The van der Waals surface area contributed by atoms with E-state index in [4.69, 9.17) is 4.74 Å². The fourth-order valence-corrected chi connectivity index (χ4v) is 4.33. The molecule has 0 spiro atoms. The van der Waals surface area contributed by atoms with Gasteiger partial charge in [0.05, 0.1) is 0 Å². The molecule has 1 atom stereocenters. The molecular formula is C15H16O3Se. The number of Topliss-reactive ketones (excluding diaryl/α,β-unsaturated/α-hetero) is 1. The number of hydrogen-bond acceptors (Lipinski definition) is 3. The van der Waals surface area contributed by atoms with Crippen molar-refractivity contribution in [3.63, 3.8) is 0 Å². The summed E-state index contributed by atoms with van der Waals surface area (Å²) in [6.07, 6.45) is 3.26. The van der Waals surface area contributed by atoms with Crippen molar-refractivity contribution >= 4 is 31.2 Å². The van der Waals surface area contributed by atoms with Gasteiger partial charge in [-0.3, -0.25) is 0 Å². The summed E-state index contributed by atoms with van der Waals surface area (Å²) in [6, 6.07) is 9.90. The molecule has 0 N–H and O–H groups in total. The van der Waals surface area contributed by atoms with Crippen LogP contribution in [0.25, 0.3) is 0 Å². The molecule has 0 bridgehead atoms. The Morgan fingerprint density at radius 1 is 1.32 bits per heavy atom. The van der Waals surface area contributed by atoms with E-state index in [9.17, 15) is 9.59 Å². The molecule has 3 nitrogen and oxygen atoms in total. The van der Waals surface area contributed by atoms with Crippen molar-refractivity contribution in [3.05, 3.63) is 40.9 Å². The third-order valence-electron chi connectivity index (χ3n) is 3.31. The summed E-state index contributed by atoms with van der Waals surface area (Å²) in [4.78, 5) is 24.3. The zero-order valence-electron chi connectivity index (χ0n) is 11.0. The van der Waals surface area contributed by atoms with Gasteiger partial charge in [-0.1, -0.05) is 0 Å². The summed E-state index contributed by atoms with van der Waals surface area (Å²) >= 11 is -0.0476. The van der Waals surface area contributed by atoms with Gasteiger partial charge in [0.15, 0.2) is 0 Å². The second-order valence-electron chi connectivity index (χ2n) is 4.67. The van der Waals surface area contributed by atoms with Gasteiger partial charge in [0.2, 0.25) is 0 Å². The maximum atomic E-state index is 12.5. The number of carbonyl (C=O) groups excluding carboxylic acids is 2. The number of carbonyl (C=O) groups is 2. The van der Waals surface area contributed by atoms with Crippen molar-refractivity contribution in [1.29, 1.82) is 0 Å². The fourth-order valence-electron chi connectivity index (χ4n) is 2.09. The first-order chi connectivity index (χ1) is 9.08. The fraction of sp³-hybridized carbons (Fsp3) is 0.333. The molecule has 2 rings (SSSR count). The number of hydrogen-bond donors (Lipinski definition) is 0. The summed E-state index contributed by atoms with van der Waals surface area (Å²) in [7, 11) is 1.33. The molecule has 0 aromatic heterocycles. The Balaban J connectivity index is 2.21. The molecule has 100 valence electrons. The van der Waals surface area contributed by atoms with Crippen LogP contribution in [0.3, 0.4) is 0 Å². The first kappa shape index (κ1) is 14.0.